The van der Waals surface area contributed by atoms with Crippen molar-refractivity contribution in [2.75, 3.05) is 54.4 Å². The van der Waals surface area contributed by atoms with Gasteiger partial charge in [0.15, 0.2) is 5.82 Å². The van der Waals surface area contributed by atoms with Gasteiger partial charge in [-0.25, -0.2) is 22.9 Å². The van der Waals surface area contributed by atoms with Crippen molar-refractivity contribution in [1.29, 1.82) is 0 Å². The zero-order valence-electron chi connectivity index (χ0n) is 19.0. The molecule has 4 heterocycles. The number of alkyl halides is 2. The predicted molar refractivity (Wildman–Crippen MR) is 128 cm³/mol. The maximum absolute atomic E-state index is 14.7. The standard InChI is InChI=1S/C25H25F3N6O/c26-21-6-2-1-5-19(21)20-7-10-30-23(34-11-8-25(27,28)17-34)22(20)31-24(35)33-14-12-32(13-15-33)18-4-3-9-29-16-18/h1-7,9-10,16H,8,11-15,17H2,(H,31,35). The van der Waals surface area contributed by atoms with Crippen molar-refractivity contribution in [1.82, 2.24) is 14.9 Å². The van der Waals surface area contributed by atoms with Crippen LogP contribution in [-0.4, -0.2) is 66.1 Å². The number of carbonyl (C=O) groups is 1. The minimum absolute atomic E-state index is 0.0907. The van der Waals surface area contributed by atoms with E-state index in [9.17, 15) is 18.0 Å². The molecule has 35 heavy (non-hydrogen) atoms. The number of nitrogens with zero attached hydrogens (tertiary/aromatic N) is 5. The summed E-state index contributed by atoms with van der Waals surface area (Å²) in [5, 5.41) is 2.87. The summed E-state index contributed by atoms with van der Waals surface area (Å²) in [7, 11) is 0. The Morgan fingerprint density at radius 2 is 1.71 bits per heavy atom. The summed E-state index contributed by atoms with van der Waals surface area (Å²) in [6.45, 7) is 1.76. The van der Waals surface area contributed by atoms with Gasteiger partial charge in [0.2, 0.25) is 0 Å². The third kappa shape index (κ3) is 4.87. The molecule has 5 rings (SSSR count). The van der Waals surface area contributed by atoms with E-state index in [0.717, 1.165) is 5.69 Å². The van der Waals surface area contributed by atoms with E-state index in [1.807, 2.05) is 12.1 Å². The van der Waals surface area contributed by atoms with Crippen LogP contribution in [-0.2, 0) is 0 Å². The van der Waals surface area contributed by atoms with Gasteiger partial charge in [-0.1, -0.05) is 18.2 Å². The fourth-order valence-electron chi connectivity index (χ4n) is 4.53. The lowest BCUT2D eigenvalue weighted by Gasteiger charge is -2.36. The molecule has 2 aliphatic heterocycles. The number of nitrogens with one attached hydrogen (secondary N) is 1. The molecule has 2 amide bonds. The summed E-state index contributed by atoms with van der Waals surface area (Å²) in [5.41, 5.74) is 1.87. The third-order valence-electron chi connectivity index (χ3n) is 6.37. The van der Waals surface area contributed by atoms with Gasteiger partial charge in [0.1, 0.15) is 5.82 Å². The van der Waals surface area contributed by atoms with E-state index in [4.69, 9.17) is 0 Å². The van der Waals surface area contributed by atoms with Crippen molar-refractivity contribution in [3.05, 3.63) is 66.9 Å². The van der Waals surface area contributed by atoms with Gasteiger partial charge in [0.25, 0.3) is 5.92 Å². The van der Waals surface area contributed by atoms with Crippen LogP contribution >= 0.6 is 0 Å². The average molecular weight is 483 g/mol. The molecule has 1 N–H and O–H groups in total. The average Bonchev–Trinajstić information content (AvgIpc) is 3.24. The van der Waals surface area contributed by atoms with Gasteiger partial charge in [-0.2, -0.15) is 0 Å². The van der Waals surface area contributed by atoms with Crippen molar-refractivity contribution >= 4 is 23.2 Å². The number of piperazine rings is 1. The first-order valence-corrected chi connectivity index (χ1v) is 11.5. The largest absolute Gasteiger partial charge is 0.367 e. The highest BCUT2D eigenvalue weighted by Gasteiger charge is 2.40. The van der Waals surface area contributed by atoms with E-state index in [2.05, 4.69) is 20.2 Å². The zero-order chi connectivity index (χ0) is 24.4. The van der Waals surface area contributed by atoms with E-state index >= 15 is 0 Å². The number of carbonyl (C=O) groups excluding carboxylic acids is 1. The van der Waals surface area contributed by atoms with Crippen molar-refractivity contribution in [2.24, 2.45) is 0 Å². The summed E-state index contributed by atoms with van der Waals surface area (Å²) in [6, 6.07) is 11.2. The fraction of sp³-hybridized carbons (Fsp3) is 0.320. The number of rotatable bonds is 4. The maximum atomic E-state index is 14.7. The Labute approximate surface area is 201 Å². The lowest BCUT2D eigenvalue weighted by atomic mass is 10.0. The molecule has 182 valence electrons. The molecular formula is C25H25F3N6O. The molecule has 0 atom stereocenters. The van der Waals surface area contributed by atoms with Crippen LogP contribution < -0.4 is 15.1 Å². The number of pyridine rings is 2. The second-order valence-corrected chi connectivity index (χ2v) is 8.68. The van der Waals surface area contributed by atoms with E-state index in [1.54, 1.807) is 41.6 Å². The van der Waals surface area contributed by atoms with Crippen molar-refractivity contribution in [2.45, 2.75) is 12.3 Å². The predicted octanol–water partition coefficient (Wildman–Crippen LogP) is 4.48. The van der Waals surface area contributed by atoms with Gasteiger partial charge < -0.3 is 20.0 Å². The van der Waals surface area contributed by atoms with Gasteiger partial charge in [-0.3, -0.25) is 4.98 Å². The fourth-order valence-corrected chi connectivity index (χ4v) is 4.53. The van der Waals surface area contributed by atoms with Crippen LogP contribution in [0.1, 0.15) is 6.42 Å². The van der Waals surface area contributed by atoms with Gasteiger partial charge in [-0.15, -0.1) is 0 Å². The van der Waals surface area contributed by atoms with Crippen LogP contribution in [0.5, 0.6) is 0 Å². The Kier molecular flexibility index (Phi) is 6.19. The number of anilines is 3. The molecular weight excluding hydrogens is 457 g/mol. The van der Waals surface area contributed by atoms with Gasteiger partial charge in [-0.05, 0) is 24.3 Å². The van der Waals surface area contributed by atoms with Crippen LogP contribution in [0.15, 0.2) is 61.1 Å². The molecule has 2 fully saturated rings. The smallest absolute Gasteiger partial charge is 0.322 e. The molecule has 2 aliphatic rings. The lowest BCUT2D eigenvalue weighted by Crippen LogP contribution is -2.50. The summed E-state index contributed by atoms with van der Waals surface area (Å²) < 4.78 is 42.7. The number of halogens is 3. The molecule has 2 saturated heterocycles. The third-order valence-corrected chi connectivity index (χ3v) is 6.37. The Morgan fingerprint density at radius 1 is 0.914 bits per heavy atom. The number of amides is 2. The highest BCUT2D eigenvalue weighted by Crippen LogP contribution is 2.39. The summed E-state index contributed by atoms with van der Waals surface area (Å²) >= 11 is 0. The number of hydrogen-bond acceptors (Lipinski definition) is 5. The highest BCUT2D eigenvalue weighted by molar-refractivity contribution is 5.99. The lowest BCUT2D eigenvalue weighted by molar-refractivity contribution is 0.0257. The van der Waals surface area contributed by atoms with Crippen molar-refractivity contribution in [3.63, 3.8) is 0 Å². The molecule has 2 aromatic heterocycles. The highest BCUT2D eigenvalue weighted by atomic mass is 19.3. The van der Waals surface area contributed by atoms with Crippen LogP contribution in [0.4, 0.5) is 35.2 Å². The SMILES string of the molecule is O=C(Nc1c(-c2ccccc2F)ccnc1N1CCC(F)(F)C1)N1CCN(c2cccnc2)CC1. The molecule has 0 aliphatic carbocycles. The summed E-state index contributed by atoms with van der Waals surface area (Å²) in [6.07, 6.45) is 4.64. The van der Waals surface area contributed by atoms with Crippen LogP contribution in [0.25, 0.3) is 11.1 Å². The van der Waals surface area contributed by atoms with E-state index in [-0.39, 0.29) is 36.1 Å². The summed E-state index contributed by atoms with van der Waals surface area (Å²) in [4.78, 5) is 27.0. The van der Waals surface area contributed by atoms with E-state index in [0.29, 0.717) is 31.7 Å². The van der Waals surface area contributed by atoms with Gasteiger partial charge in [0.05, 0.1) is 24.1 Å². The molecule has 3 aromatic rings. The number of urea groups is 1. The van der Waals surface area contributed by atoms with Crippen LogP contribution in [0.2, 0.25) is 0 Å². The monoisotopic (exact) mass is 482 g/mol. The first-order valence-electron chi connectivity index (χ1n) is 11.5. The number of hydrogen-bond donors (Lipinski definition) is 1. The Bertz CT molecular complexity index is 1200. The minimum Gasteiger partial charge on any atom is -0.367 e. The van der Waals surface area contributed by atoms with Gasteiger partial charge >= 0.3 is 6.03 Å². The molecule has 0 saturated carbocycles. The molecule has 7 nitrogen and oxygen atoms in total. The van der Waals surface area contributed by atoms with E-state index in [1.165, 1.54) is 17.2 Å². The van der Waals surface area contributed by atoms with Gasteiger partial charge in [0, 0.05) is 62.7 Å². The Hall–Kier alpha value is -3.82. The number of aromatic nitrogens is 2. The summed E-state index contributed by atoms with van der Waals surface area (Å²) in [5.74, 6) is -3.11. The zero-order valence-corrected chi connectivity index (χ0v) is 19.0. The topological polar surface area (TPSA) is 64.6 Å². The van der Waals surface area contributed by atoms with Crippen molar-refractivity contribution in [3.8, 4) is 11.1 Å². The number of benzene rings is 1. The minimum atomic E-state index is -2.85. The molecule has 1 aromatic carbocycles. The molecule has 0 radical (unpaired) electrons. The maximum Gasteiger partial charge on any atom is 0.322 e. The first-order chi connectivity index (χ1) is 16.9. The van der Waals surface area contributed by atoms with Crippen LogP contribution in [0, 0.1) is 5.82 Å². The second kappa shape index (κ2) is 9.44. The molecule has 0 bridgehead atoms. The van der Waals surface area contributed by atoms with E-state index < -0.39 is 18.3 Å². The van der Waals surface area contributed by atoms with Crippen molar-refractivity contribution < 1.29 is 18.0 Å². The molecule has 10 heteroatoms. The quantitative estimate of drug-likeness (QED) is 0.594. The van der Waals surface area contributed by atoms with Crippen LogP contribution in [0.3, 0.4) is 0 Å². The Balaban J connectivity index is 1.41. The molecule has 0 spiro atoms. The molecule has 0 unspecified atom stereocenters. The first kappa shape index (κ1) is 22.9. The normalized spacial score (nSPS) is 17.5. The Morgan fingerprint density at radius 3 is 2.40 bits per heavy atom. The second-order valence-electron chi connectivity index (χ2n) is 8.68.